The van der Waals surface area contributed by atoms with E-state index in [-0.39, 0.29) is 11.1 Å². The van der Waals surface area contributed by atoms with Gasteiger partial charge < -0.3 is 24.3 Å². The molecule has 0 saturated carbocycles. The molecule has 0 atom stereocenters. The molecule has 0 radical (unpaired) electrons. The van der Waals surface area contributed by atoms with Crippen LogP contribution in [-0.2, 0) is 20.7 Å². The number of fused-ring (bicyclic) bond motifs is 1. The Kier molecular flexibility index (Phi) is 7.21. The van der Waals surface area contributed by atoms with Crippen LogP contribution in [0.4, 0.5) is 5.69 Å². The Labute approximate surface area is 182 Å². The molecule has 11 nitrogen and oxygen atoms in total. The molecule has 0 unspecified atom stereocenters. The van der Waals surface area contributed by atoms with E-state index in [2.05, 4.69) is 10.1 Å². The molecule has 168 valence electrons. The number of nitro groups is 1. The average Bonchev–Trinajstić information content (AvgIpc) is 2.81. The van der Waals surface area contributed by atoms with E-state index in [0.717, 1.165) is 30.9 Å². The van der Waals surface area contributed by atoms with Crippen LogP contribution in [0, 0.1) is 10.1 Å². The highest BCUT2D eigenvalue weighted by Crippen LogP contribution is 2.30. The van der Waals surface area contributed by atoms with Gasteiger partial charge in [-0.3, -0.25) is 14.9 Å². The predicted octanol–water partition coefficient (Wildman–Crippen LogP) is 1.67. The highest BCUT2D eigenvalue weighted by atomic mass is 16.6. The largest absolute Gasteiger partial charge is 0.486 e. The van der Waals surface area contributed by atoms with Crippen molar-refractivity contribution in [1.82, 2.24) is 5.32 Å². The van der Waals surface area contributed by atoms with Crippen molar-refractivity contribution in [2.75, 3.05) is 33.5 Å². The molecular weight excluding hydrogens is 424 g/mol. The minimum atomic E-state index is -0.985. The van der Waals surface area contributed by atoms with E-state index in [0.29, 0.717) is 37.7 Å². The Morgan fingerprint density at radius 2 is 1.72 bits per heavy atom. The van der Waals surface area contributed by atoms with Crippen molar-refractivity contribution < 1.29 is 38.3 Å². The van der Waals surface area contributed by atoms with Gasteiger partial charge in [-0.1, -0.05) is 6.07 Å². The summed E-state index contributed by atoms with van der Waals surface area (Å²) in [6, 6.07) is 8.53. The van der Waals surface area contributed by atoms with E-state index >= 15 is 0 Å². The number of rotatable bonds is 8. The van der Waals surface area contributed by atoms with Gasteiger partial charge in [0, 0.05) is 18.7 Å². The Bertz CT molecular complexity index is 1050. The lowest BCUT2D eigenvalue weighted by Crippen LogP contribution is -2.30. The summed E-state index contributed by atoms with van der Waals surface area (Å²) in [6.45, 7) is 0.682. The number of nitrogens with zero attached hydrogens (tertiary/aromatic N) is 1. The van der Waals surface area contributed by atoms with Crippen molar-refractivity contribution in [2.24, 2.45) is 0 Å². The zero-order valence-electron chi connectivity index (χ0n) is 17.1. The minimum absolute atomic E-state index is 0.183. The number of nitro benzene ring substituents is 1. The number of nitrogens with one attached hydrogen (secondary N) is 1. The lowest BCUT2D eigenvalue weighted by molar-refractivity contribution is -0.384. The normalized spacial score (nSPS) is 11.9. The van der Waals surface area contributed by atoms with Crippen molar-refractivity contribution in [1.29, 1.82) is 0 Å². The highest BCUT2D eigenvalue weighted by Gasteiger charge is 2.20. The average molecular weight is 444 g/mol. The number of carbonyl (C=O) groups is 3. The molecule has 2 aromatic carbocycles. The smallest absolute Gasteiger partial charge is 0.338 e. The maximum Gasteiger partial charge on any atom is 0.338 e. The number of amides is 1. The predicted molar refractivity (Wildman–Crippen MR) is 109 cm³/mol. The molecule has 1 N–H and O–H groups in total. The minimum Gasteiger partial charge on any atom is -0.486 e. The number of hydrogen-bond donors (Lipinski definition) is 1. The molecular formula is C21H20N2O9. The first kappa shape index (κ1) is 22.5. The van der Waals surface area contributed by atoms with Gasteiger partial charge in [0.25, 0.3) is 11.6 Å². The Hall–Kier alpha value is -4.15. The quantitative estimate of drug-likeness (QED) is 0.365. The van der Waals surface area contributed by atoms with Gasteiger partial charge in [0.15, 0.2) is 18.1 Å². The maximum atomic E-state index is 12.2. The third-order valence-electron chi connectivity index (χ3n) is 4.46. The SMILES string of the molecule is COC(=O)c1cc(C(=O)OCC(=O)NCCc2ccc3c(c2)OCCO3)cc([N+](=O)[O-])c1. The number of benzene rings is 2. The van der Waals surface area contributed by atoms with E-state index in [1.54, 1.807) is 6.07 Å². The molecule has 11 heteroatoms. The fourth-order valence-corrected chi connectivity index (χ4v) is 2.93. The number of non-ortho nitro benzene ring substituents is 1. The van der Waals surface area contributed by atoms with Gasteiger partial charge >= 0.3 is 11.9 Å². The maximum absolute atomic E-state index is 12.2. The molecule has 1 aliphatic rings. The van der Waals surface area contributed by atoms with Crippen LogP contribution in [0.1, 0.15) is 26.3 Å². The topological polar surface area (TPSA) is 143 Å². The number of methoxy groups -OCH3 is 1. The molecule has 0 bridgehead atoms. The summed E-state index contributed by atoms with van der Waals surface area (Å²) >= 11 is 0. The van der Waals surface area contributed by atoms with Crippen molar-refractivity contribution in [3.63, 3.8) is 0 Å². The van der Waals surface area contributed by atoms with Gasteiger partial charge in [-0.2, -0.15) is 0 Å². The lowest BCUT2D eigenvalue weighted by Gasteiger charge is -2.18. The van der Waals surface area contributed by atoms with Gasteiger partial charge in [-0.05, 0) is 30.2 Å². The Morgan fingerprint density at radius 1 is 1.03 bits per heavy atom. The molecule has 1 heterocycles. The number of esters is 2. The first-order chi connectivity index (χ1) is 15.4. The second-order valence-corrected chi connectivity index (χ2v) is 6.67. The number of hydrogen-bond acceptors (Lipinski definition) is 9. The third kappa shape index (κ3) is 5.72. The highest BCUT2D eigenvalue weighted by molar-refractivity contribution is 5.97. The van der Waals surface area contributed by atoms with Gasteiger partial charge in [0.2, 0.25) is 0 Å². The van der Waals surface area contributed by atoms with E-state index in [1.807, 2.05) is 12.1 Å². The van der Waals surface area contributed by atoms with Gasteiger partial charge in [0.1, 0.15) is 13.2 Å². The summed E-state index contributed by atoms with van der Waals surface area (Å²) in [7, 11) is 1.11. The van der Waals surface area contributed by atoms with E-state index < -0.39 is 35.1 Å². The Balaban J connectivity index is 1.51. The fraction of sp³-hybridized carbons (Fsp3) is 0.286. The van der Waals surface area contributed by atoms with Crippen molar-refractivity contribution in [3.8, 4) is 11.5 Å². The summed E-state index contributed by atoms with van der Waals surface area (Å²) < 4.78 is 20.4. The summed E-state index contributed by atoms with van der Waals surface area (Å²) in [5, 5.41) is 13.7. The van der Waals surface area contributed by atoms with Crippen LogP contribution < -0.4 is 14.8 Å². The van der Waals surface area contributed by atoms with Crippen LogP contribution in [-0.4, -0.2) is 56.2 Å². The second kappa shape index (κ2) is 10.2. The fourth-order valence-electron chi connectivity index (χ4n) is 2.93. The molecule has 1 amide bonds. The third-order valence-corrected chi connectivity index (χ3v) is 4.46. The number of ether oxygens (including phenoxy) is 4. The first-order valence-electron chi connectivity index (χ1n) is 9.57. The van der Waals surface area contributed by atoms with E-state index in [1.165, 1.54) is 0 Å². The van der Waals surface area contributed by atoms with Crippen LogP contribution in [0.15, 0.2) is 36.4 Å². The molecule has 3 rings (SSSR count). The van der Waals surface area contributed by atoms with Crippen LogP contribution in [0.3, 0.4) is 0 Å². The molecule has 0 saturated heterocycles. The van der Waals surface area contributed by atoms with Gasteiger partial charge in [-0.15, -0.1) is 0 Å². The van der Waals surface area contributed by atoms with Crippen molar-refractivity contribution >= 4 is 23.5 Å². The summed E-state index contributed by atoms with van der Waals surface area (Å²) in [5.41, 5.74) is 0.0171. The molecule has 32 heavy (non-hydrogen) atoms. The monoisotopic (exact) mass is 444 g/mol. The summed E-state index contributed by atoms with van der Waals surface area (Å²) in [4.78, 5) is 46.2. The molecule has 1 aliphatic heterocycles. The van der Waals surface area contributed by atoms with Crippen LogP contribution in [0.5, 0.6) is 11.5 Å². The first-order valence-corrected chi connectivity index (χ1v) is 9.57. The zero-order chi connectivity index (χ0) is 23.1. The summed E-state index contributed by atoms with van der Waals surface area (Å²) in [5.74, 6) is -1.06. The van der Waals surface area contributed by atoms with E-state index in [4.69, 9.17) is 14.2 Å². The summed E-state index contributed by atoms with van der Waals surface area (Å²) in [6.07, 6.45) is 0.518. The van der Waals surface area contributed by atoms with Crippen LogP contribution >= 0.6 is 0 Å². The molecule has 0 fully saturated rings. The lowest BCUT2D eigenvalue weighted by atomic mass is 10.1. The van der Waals surface area contributed by atoms with Crippen molar-refractivity contribution in [2.45, 2.75) is 6.42 Å². The van der Waals surface area contributed by atoms with E-state index in [9.17, 15) is 24.5 Å². The number of carbonyl (C=O) groups excluding carboxylic acids is 3. The zero-order valence-corrected chi connectivity index (χ0v) is 17.1. The molecule has 0 aromatic heterocycles. The van der Waals surface area contributed by atoms with Gasteiger partial charge in [-0.25, -0.2) is 9.59 Å². The van der Waals surface area contributed by atoms with Gasteiger partial charge in [0.05, 0.1) is 23.2 Å². The second-order valence-electron chi connectivity index (χ2n) is 6.67. The van der Waals surface area contributed by atoms with Crippen LogP contribution in [0.2, 0.25) is 0 Å². The molecule has 2 aromatic rings. The molecule has 0 spiro atoms. The molecule has 0 aliphatic carbocycles. The Morgan fingerprint density at radius 3 is 2.41 bits per heavy atom. The van der Waals surface area contributed by atoms with Crippen molar-refractivity contribution in [3.05, 3.63) is 63.2 Å². The standard InChI is InChI=1S/C21H20N2O9/c1-29-20(25)14-9-15(11-16(10-14)23(27)28)21(26)32-12-19(24)22-5-4-13-2-3-17-18(8-13)31-7-6-30-17/h2-3,8-11H,4-7,12H2,1H3,(H,22,24). The van der Waals surface area contributed by atoms with Crippen LogP contribution in [0.25, 0.3) is 0 Å².